The largest absolute Gasteiger partial charge is 0.472 e. The van der Waals surface area contributed by atoms with Gasteiger partial charge in [-0.1, -0.05) is 0 Å². The maximum atomic E-state index is 13.5. The number of aliphatic hydroxyl groups is 2. The van der Waals surface area contributed by atoms with Gasteiger partial charge in [-0.3, -0.25) is 32.5 Å². The molecule has 10 atom stereocenters. The number of H-pyrrole nitrogens is 1. The molecular formula is C24H28N12O13P2. The number of imidazole rings is 3. The summed E-state index contributed by atoms with van der Waals surface area (Å²) >= 11 is 0. The van der Waals surface area contributed by atoms with E-state index in [1.54, 1.807) is 0 Å². The number of nitrogen functional groups attached to an aromatic ring is 2. The molecule has 9 N–H and O–H groups in total. The van der Waals surface area contributed by atoms with Crippen LogP contribution in [0.15, 0.2) is 42.5 Å². The van der Waals surface area contributed by atoms with E-state index in [2.05, 4.69) is 34.9 Å². The molecule has 0 spiro atoms. The molecule has 3 fully saturated rings. The molecule has 0 saturated carbocycles. The summed E-state index contributed by atoms with van der Waals surface area (Å²) in [5.74, 6) is -0.163. The summed E-state index contributed by atoms with van der Waals surface area (Å²) < 4.78 is 64.1. The Morgan fingerprint density at radius 2 is 1.76 bits per heavy atom. The summed E-state index contributed by atoms with van der Waals surface area (Å²) in [6.45, 7) is -1.78. The van der Waals surface area contributed by atoms with Crippen molar-refractivity contribution in [3.05, 3.63) is 48.1 Å². The van der Waals surface area contributed by atoms with E-state index in [1.807, 2.05) is 0 Å². The summed E-state index contributed by atoms with van der Waals surface area (Å²) in [6.07, 6.45) is -2.59. The van der Waals surface area contributed by atoms with Crippen LogP contribution in [0.3, 0.4) is 0 Å². The first-order chi connectivity index (χ1) is 24.3. The predicted molar refractivity (Wildman–Crippen MR) is 165 cm³/mol. The number of hydrogen-bond donors (Lipinski definition) is 7. The number of nitrogens with one attached hydrogen (secondary N) is 1. The minimum Gasteiger partial charge on any atom is -0.387 e. The highest BCUT2D eigenvalue weighted by molar-refractivity contribution is 7.51. The van der Waals surface area contributed by atoms with Gasteiger partial charge in [-0.05, 0) is 0 Å². The Bertz CT molecular complexity index is 2270. The van der Waals surface area contributed by atoms with Crippen molar-refractivity contribution >= 4 is 49.7 Å². The van der Waals surface area contributed by atoms with Gasteiger partial charge in [0.05, 0.1) is 32.5 Å². The van der Waals surface area contributed by atoms with Crippen molar-refractivity contribution in [1.82, 2.24) is 48.4 Å². The highest BCUT2D eigenvalue weighted by Crippen LogP contribution is 2.56. The van der Waals surface area contributed by atoms with Crippen molar-refractivity contribution in [1.29, 1.82) is 0 Å². The first kappa shape index (κ1) is 33.9. The summed E-state index contributed by atoms with van der Waals surface area (Å²) in [4.78, 5) is 60.0. The van der Waals surface area contributed by atoms with Gasteiger partial charge in [-0.15, -0.1) is 0 Å². The molecule has 27 heteroatoms. The highest BCUT2D eigenvalue weighted by Gasteiger charge is 2.66. The first-order valence-electron chi connectivity index (χ1n) is 14.9. The number of phosphoric acid groups is 1. The average Bonchev–Trinajstić information content (AvgIpc) is 3.94. The van der Waals surface area contributed by atoms with E-state index in [9.17, 15) is 33.9 Å². The zero-order valence-electron chi connectivity index (χ0n) is 25.7. The molecule has 8 rings (SSSR count). The van der Waals surface area contributed by atoms with Crippen molar-refractivity contribution < 1.29 is 56.9 Å². The van der Waals surface area contributed by atoms with Crippen molar-refractivity contribution in [2.45, 2.75) is 48.6 Å². The van der Waals surface area contributed by atoms with Crippen LogP contribution in [0.25, 0.3) is 22.3 Å². The molecular weight excluding hydrogens is 726 g/mol. The molecule has 5 aromatic rings. The number of rotatable bonds is 11. The lowest BCUT2D eigenvalue weighted by Crippen LogP contribution is -2.46. The third kappa shape index (κ3) is 5.72. The number of anilines is 2. The molecule has 8 heterocycles. The highest BCUT2D eigenvalue weighted by atomic mass is 31.2. The number of aromatic nitrogens is 10. The van der Waals surface area contributed by atoms with Gasteiger partial charge in [-0.2, -0.15) is 4.98 Å². The molecule has 3 saturated heterocycles. The minimum absolute atomic E-state index is 0.0516. The van der Waals surface area contributed by atoms with E-state index in [-0.39, 0.29) is 40.7 Å². The van der Waals surface area contributed by atoms with Crippen LogP contribution in [-0.4, -0.2) is 124 Å². The SMILES string of the molecule is Nc1nc2c(ncn2[C@@H]2O[C@H](COP(=O)(O)O[C@@H]3C4OC[C@]3(COP(=O)(O)n3ccnc3)O[C@H]4n3cnc4c(N)ncnc43)[C@H](O)C2O)c(=O)[nH]1. The summed E-state index contributed by atoms with van der Waals surface area (Å²) in [5.41, 5.74) is 9.44. The van der Waals surface area contributed by atoms with Crippen LogP contribution >= 0.6 is 15.6 Å². The fourth-order valence-electron chi connectivity index (χ4n) is 6.16. The Kier molecular flexibility index (Phi) is 8.10. The van der Waals surface area contributed by atoms with Gasteiger partial charge in [0.1, 0.15) is 54.3 Å². The predicted octanol–water partition coefficient (Wildman–Crippen LogP) is -2.23. The van der Waals surface area contributed by atoms with Crippen LogP contribution in [0.1, 0.15) is 12.5 Å². The van der Waals surface area contributed by atoms with Crippen molar-refractivity contribution in [3.63, 3.8) is 0 Å². The number of fused-ring (bicyclic) bond motifs is 4. The van der Waals surface area contributed by atoms with E-state index in [1.165, 1.54) is 34.2 Å². The lowest BCUT2D eigenvalue weighted by atomic mass is 10.0. The monoisotopic (exact) mass is 754 g/mol. The molecule has 51 heavy (non-hydrogen) atoms. The van der Waals surface area contributed by atoms with E-state index in [4.69, 9.17) is 39.2 Å². The van der Waals surface area contributed by atoms with Gasteiger partial charge in [-0.25, -0.2) is 38.4 Å². The number of nitrogens with two attached hydrogens (primary N) is 2. The molecule has 3 aliphatic heterocycles. The normalized spacial score (nSPS) is 31.4. The maximum absolute atomic E-state index is 13.5. The lowest BCUT2D eigenvalue weighted by Gasteiger charge is -2.32. The van der Waals surface area contributed by atoms with Gasteiger partial charge >= 0.3 is 15.6 Å². The molecule has 0 amide bonds. The molecule has 3 aliphatic rings. The third-order valence-electron chi connectivity index (χ3n) is 8.60. The Hall–Kier alpha value is -4.23. The van der Waals surface area contributed by atoms with Crippen LogP contribution in [0.2, 0.25) is 0 Å². The third-order valence-corrected chi connectivity index (χ3v) is 10.9. The molecule has 5 aromatic heterocycles. The zero-order valence-corrected chi connectivity index (χ0v) is 27.5. The van der Waals surface area contributed by atoms with Gasteiger partial charge in [0.2, 0.25) is 5.95 Å². The van der Waals surface area contributed by atoms with E-state index < -0.39 is 82.9 Å². The van der Waals surface area contributed by atoms with Crippen molar-refractivity contribution in [3.8, 4) is 0 Å². The van der Waals surface area contributed by atoms with Gasteiger partial charge < -0.3 is 45.7 Å². The Balaban J connectivity index is 1.02. The number of aromatic amines is 1. The number of aliphatic hydroxyl groups excluding tert-OH is 2. The van der Waals surface area contributed by atoms with E-state index in [0.717, 1.165) is 17.0 Å². The molecule has 272 valence electrons. The minimum atomic E-state index is -5.12. The van der Waals surface area contributed by atoms with E-state index >= 15 is 0 Å². The molecule has 0 aromatic carbocycles. The zero-order chi connectivity index (χ0) is 35.9. The van der Waals surface area contributed by atoms with Gasteiger partial charge in [0.25, 0.3) is 5.56 Å². The fourth-order valence-corrected chi connectivity index (χ4v) is 8.09. The lowest BCUT2D eigenvalue weighted by molar-refractivity contribution is -0.183. The smallest absolute Gasteiger partial charge is 0.387 e. The molecule has 2 bridgehead atoms. The van der Waals surface area contributed by atoms with Gasteiger partial charge in [0.15, 0.2) is 35.1 Å². The van der Waals surface area contributed by atoms with Crippen LogP contribution in [0, 0.1) is 0 Å². The van der Waals surface area contributed by atoms with Crippen LogP contribution in [0.4, 0.5) is 11.8 Å². The van der Waals surface area contributed by atoms with Crippen LogP contribution < -0.4 is 17.0 Å². The Morgan fingerprint density at radius 1 is 1.00 bits per heavy atom. The second-order valence-corrected chi connectivity index (χ2v) is 14.9. The fraction of sp³-hybridized carbons (Fsp3) is 0.458. The number of hydrogen-bond acceptors (Lipinski definition) is 19. The Labute approximate surface area is 282 Å². The standard InChI is InChI=1S/C24H28N12O13P2/c25-17-11-18(29-6-28-17)35(8-30-11)22-15-16(24(48-22,4-44-15)5-46-50(40,41)34-2-1-27-7-34)49-51(42,43)45-3-10-13(37)14(38)21(47-10)36-9-31-12-19(36)32-23(26)33-20(12)39/h1-2,6-10,13-16,21-22,37-38H,3-5H2,(H,40,41)(H,42,43)(H2,25,28,29)(H3,26,32,33,39)/t10-,13+,14?,15?,16-,21-,22-,24-/m1/s1. The van der Waals surface area contributed by atoms with Crippen molar-refractivity contribution in [2.24, 2.45) is 0 Å². The molecule has 0 aliphatic carbocycles. The van der Waals surface area contributed by atoms with Crippen LogP contribution in [0.5, 0.6) is 0 Å². The maximum Gasteiger partial charge on any atom is 0.472 e. The summed E-state index contributed by atoms with van der Waals surface area (Å²) in [6, 6.07) is 0. The molecule has 0 radical (unpaired) electrons. The average molecular weight is 755 g/mol. The second-order valence-electron chi connectivity index (χ2n) is 11.8. The quantitative estimate of drug-likeness (QED) is 0.0702. The second kappa shape index (κ2) is 12.2. The van der Waals surface area contributed by atoms with E-state index in [0.29, 0.717) is 0 Å². The number of nitrogens with zero attached hydrogens (tertiary/aromatic N) is 9. The topological polar surface area (TPSA) is 347 Å². The molecule has 25 nitrogen and oxygen atoms in total. The van der Waals surface area contributed by atoms with Crippen molar-refractivity contribution in [2.75, 3.05) is 31.3 Å². The summed E-state index contributed by atoms with van der Waals surface area (Å²) in [5, 5.41) is 21.5. The number of ether oxygens (including phenoxy) is 3. The summed E-state index contributed by atoms with van der Waals surface area (Å²) in [7, 11) is -9.66. The Morgan fingerprint density at radius 3 is 2.53 bits per heavy atom. The van der Waals surface area contributed by atoms with Gasteiger partial charge in [0, 0.05) is 12.4 Å². The van der Waals surface area contributed by atoms with Crippen LogP contribution in [-0.2, 0) is 36.9 Å². The first-order valence-corrected chi connectivity index (χ1v) is 17.9. The number of phosphoric ester groups is 1. The molecule has 4 unspecified atom stereocenters.